The molecule has 0 aromatic carbocycles. The Morgan fingerprint density at radius 1 is 1.31 bits per heavy atom. The molecule has 1 heterocycles. The molecule has 0 aromatic heterocycles. The van der Waals surface area contributed by atoms with Crippen LogP contribution in [-0.4, -0.2) is 36.6 Å². The molecular weight excluding hydrogens is 196 g/mol. The highest BCUT2D eigenvalue weighted by Gasteiger charge is 2.32. The van der Waals surface area contributed by atoms with Gasteiger partial charge in [0.2, 0.25) is 0 Å². The normalized spacial score (nSPS) is 35.6. The summed E-state index contributed by atoms with van der Waals surface area (Å²) < 4.78 is 0. The smallest absolute Gasteiger partial charge is 0.0221 e. The molecule has 1 unspecified atom stereocenters. The van der Waals surface area contributed by atoms with Gasteiger partial charge in [0.05, 0.1) is 0 Å². The van der Waals surface area contributed by atoms with E-state index in [9.17, 15) is 0 Å². The Balaban J connectivity index is 1.62. The third-order valence-electron chi connectivity index (χ3n) is 4.66. The molecule has 1 aliphatic carbocycles. The second kappa shape index (κ2) is 5.50. The van der Waals surface area contributed by atoms with Crippen LogP contribution >= 0.6 is 0 Å². The molecule has 2 nitrogen and oxygen atoms in total. The minimum Gasteiger partial charge on any atom is -0.312 e. The molecule has 1 saturated carbocycles. The fourth-order valence-corrected chi connectivity index (χ4v) is 3.22. The van der Waals surface area contributed by atoms with Crippen LogP contribution in [0.25, 0.3) is 0 Å². The van der Waals surface area contributed by atoms with E-state index < -0.39 is 0 Å². The van der Waals surface area contributed by atoms with Gasteiger partial charge in [-0.1, -0.05) is 20.8 Å². The maximum absolute atomic E-state index is 3.77. The average Bonchev–Trinajstić information content (AvgIpc) is 2.62. The zero-order chi connectivity index (χ0) is 11.5. The molecule has 94 valence electrons. The van der Waals surface area contributed by atoms with Gasteiger partial charge in [0.15, 0.2) is 0 Å². The molecule has 0 spiro atoms. The number of nitrogens with one attached hydrogen (secondary N) is 1. The molecule has 2 fully saturated rings. The minimum atomic E-state index is 0.822. The lowest BCUT2D eigenvalue weighted by molar-refractivity contribution is 0.156. The van der Waals surface area contributed by atoms with E-state index in [0.717, 1.165) is 23.9 Å². The van der Waals surface area contributed by atoms with Crippen molar-refractivity contribution in [1.82, 2.24) is 10.2 Å². The number of hydrogen-bond donors (Lipinski definition) is 1. The van der Waals surface area contributed by atoms with E-state index in [1.54, 1.807) is 0 Å². The first-order valence-electron chi connectivity index (χ1n) is 7.18. The van der Waals surface area contributed by atoms with Crippen LogP contribution in [0, 0.1) is 11.8 Å². The molecule has 1 atom stereocenters. The maximum Gasteiger partial charge on any atom is 0.0221 e. The van der Waals surface area contributed by atoms with Gasteiger partial charge in [0, 0.05) is 18.6 Å². The van der Waals surface area contributed by atoms with E-state index in [1.807, 2.05) is 0 Å². The number of rotatable bonds is 5. The van der Waals surface area contributed by atoms with E-state index >= 15 is 0 Å². The zero-order valence-electron chi connectivity index (χ0n) is 11.2. The number of hydrogen-bond acceptors (Lipinski definition) is 2. The molecule has 1 N–H and O–H groups in total. The van der Waals surface area contributed by atoms with Gasteiger partial charge >= 0.3 is 0 Å². The van der Waals surface area contributed by atoms with E-state index in [1.165, 1.54) is 45.3 Å². The first kappa shape index (κ1) is 12.4. The lowest BCUT2D eigenvalue weighted by Gasteiger charge is -2.39. The van der Waals surface area contributed by atoms with Crippen molar-refractivity contribution < 1.29 is 0 Å². The molecule has 0 radical (unpaired) electrons. The fraction of sp³-hybridized carbons (Fsp3) is 1.00. The molecular formula is C14H28N2. The van der Waals surface area contributed by atoms with Crippen LogP contribution in [0.5, 0.6) is 0 Å². The first-order valence-corrected chi connectivity index (χ1v) is 7.18. The van der Waals surface area contributed by atoms with Crippen molar-refractivity contribution in [2.45, 2.75) is 58.5 Å². The Hall–Kier alpha value is -0.0800. The predicted molar refractivity (Wildman–Crippen MR) is 69.6 cm³/mol. The topological polar surface area (TPSA) is 15.3 Å². The SMILES string of the molecule is CCN1CCCC1CNC1CC(C(C)C)C1. The Morgan fingerprint density at radius 2 is 2.06 bits per heavy atom. The number of nitrogens with zero attached hydrogens (tertiary/aromatic N) is 1. The fourth-order valence-electron chi connectivity index (χ4n) is 3.22. The number of likely N-dealkylation sites (tertiary alicyclic amines) is 1. The van der Waals surface area contributed by atoms with Gasteiger partial charge in [-0.3, -0.25) is 4.90 Å². The van der Waals surface area contributed by atoms with Gasteiger partial charge in [-0.15, -0.1) is 0 Å². The van der Waals surface area contributed by atoms with Crippen LogP contribution in [0.2, 0.25) is 0 Å². The lowest BCUT2D eigenvalue weighted by Crippen LogP contribution is -2.47. The molecule has 1 aliphatic heterocycles. The van der Waals surface area contributed by atoms with Crippen molar-refractivity contribution in [3.63, 3.8) is 0 Å². The summed E-state index contributed by atoms with van der Waals surface area (Å²) in [6.07, 6.45) is 5.63. The average molecular weight is 224 g/mol. The second-order valence-electron chi connectivity index (χ2n) is 6.01. The van der Waals surface area contributed by atoms with Crippen LogP contribution < -0.4 is 5.32 Å². The summed E-state index contributed by atoms with van der Waals surface area (Å²) in [6, 6.07) is 1.65. The van der Waals surface area contributed by atoms with Gasteiger partial charge in [0.25, 0.3) is 0 Å². The molecule has 0 bridgehead atoms. The van der Waals surface area contributed by atoms with E-state index in [2.05, 4.69) is 31.0 Å². The molecule has 16 heavy (non-hydrogen) atoms. The Labute approximate surface area is 101 Å². The van der Waals surface area contributed by atoms with Crippen molar-refractivity contribution in [3.8, 4) is 0 Å². The van der Waals surface area contributed by atoms with Crippen molar-refractivity contribution in [3.05, 3.63) is 0 Å². The summed E-state index contributed by atoms with van der Waals surface area (Å²) in [6.45, 7) is 10.8. The van der Waals surface area contributed by atoms with Crippen molar-refractivity contribution in [2.24, 2.45) is 11.8 Å². The summed E-state index contributed by atoms with van der Waals surface area (Å²) in [7, 11) is 0. The van der Waals surface area contributed by atoms with E-state index in [-0.39, 0.29) is 0 Å². The maximum atomic E-state index is 3.77. The minimum absolute atomic E-state index is 0.822. The summed E-state index contributed by atoms with van der Waals surface area (Å²) in [5.41, 5.74) is 0. The second-order valence-corrected chi connectivity index (χ2v) is 6.01. The third-order valence-corrected chi connectivity index (χ3v) is 4.66. The highest BCUT2D eigenvalue weighted by molar-refractivity contribution is 4.89. The van der Waals surface area contributed by atoms with E-state index in [4.69, 9.17) is 0 Å². The largest absolute Gasteiger partial charge is 0.312 e. The van der Waals surface area contributed by atoms with Crippen molar-refractivity contribution in [2.75, 3.05) is 19.6 Å². The van der Waals surface area contributed by atoms with Crippen molar-refractivity contribution >= 4 is 0 Å². The molecule has 0 amide bonds. The van der Waals surface area contributed by atoms with Crippen LogP contribution in [0.4, 0.5) is 0 Å². The summed E-state index contributed by atoms with van der Waals surface area (Å²) >= 11 is 0. The highest BCUT2D eigenvalue weighted by Crippen LogP contribution is 2.33. The van der Waals surface area contributed by atoms with Crippen LogP contribution in [0.1, 0.15) is 46.5 Å². The van der Waals surface area contributed by atoms with Gasteiger partial charge in [0.1, 0.15) is 0 Å². The molecule has 2 rings (SSSR count). The zero-order valence-corrected chi connectivity index (χ0v) is 11.2. The lowest BCUT2D eigenvalue weighted by atomic mass is 9.73. The summed E-state index contributed by atoms with van der Waals surface area (Å²) in [5.74, 6) is 1.88. The summed E-state index contributed by atoms with van der Waals surface area (Å²) in [5, 5.41) is 3.77. The quantitative estimate of drug-likeness (QED) is 0.772. The van der Waals surface area contributed by atoms with Crippen LogP contribution in [0.3, 0.4) is 0 Å². The summed E-state index contributed by atoms with van der Waals surface area (Å²) in [4.78, 5) is 2.63. The molecule has 2 heteroatoms. The van der Waals surface area contributed by atoms with Gasteiger partial charge in [-0.2, -0.15) is 0 Å². The van der Waals surface area contributed by atoms with Gasteiger partial charge < -0.3 is 5.32 Å². The van der Waals surface area contributed by atoms with Gasteiger partial charge in [-0.05, 0) is 50.6 Å². The first-order chi connectivity index (χ1) is 7.70. The van der Waals surface area contributed by atoms with Crippen LogP contribution in [-0.2, 0) is 0 Å². The highest BCUT2D eigenvalue weighted by atomic mass is 15.2. The third kappa shape index (κ3) is 2.78. The number of likely N-dealkylation sites (N-methyl/N-ethyl adjacent to an activating group) is 1. The van der Waals surface area contributed by atoms with Crippen molar-refractivity contribution in [1.29, 1.82) is 0 Å². The monoisotopic (exact) mass is 224 g/mol. The standard InChI is InChI=1S/C14H28N2/c1-4-16-7-5-6-14(16)10-15-13-8-12(9-13)11(2)3/h11-15H,4-10H2,1-3H3. The Bertz CT molecular complexity index is 209. The Morgan fingerprint density at radius 3 is 2.69 bits per heavy atom. The van der Waals surface area contributed by atoms with Crippen LogP contribution in [0.15, 0.2) is 0 Å². The van der Waals surface area contributed by atoms with Gasteiger partial charge in [-0.25, -0.2) is 0 Å². The molecule has 0 aromatic rings. The molecule has 2 aliphatic rings. The molecule has 1 saturated heterocycles. The predicted octanol–water partition coefficient (Wildman–Crippen LogP) is 2.49. The van der Waals surface area contributed by atoms with E-state index in [0.29, 0.717) is 0 Å². The Kier molecular flexibility index (Phi) is 4.26.